The summed E-state index contributed by atoms with van der Waals surface area (Å²) in [7, 11) is 0. The zero-order valence-corrected chi connectivity index (χ0v) is 16.5. The van der Waals surface area contributed by atoms with Crippen LogP contribution in [-0.2, 0) is 4.79 Å². The quantitative estimate of drug-likeness (QED) is 0.610. The number of imide groups is 1. The lowest BCUT2D eigenvalue weighted by molar-refractivity contribution is -0.117. The lowest BCUT2D eigenvalue weighted by Crippen LogP contribution is -2.35. The number of carbonyl (C=O) groups is 2. The Morgan fingerprint density at radius 2 is 1.93 bits per heavy atom. The molecule has 1 fully saturated rings. The van der Waals surface area contributed by atoms with Gasteiger partial charge in [-0.15, -0.1) is 10.2 Å². The van der Waals surface area contributed by atoms with Crippen LogP contribution in [0.25, 0.3) is 0 Å². The monoisotopic (exact) mass is 406 g/mol. The highest BCUT2D eigenvalue weighted by molar-refractivity contribution is 7.99. The fourth-order valence-corrected chi connectivity index (χ4v) is 2.92. The summed E-state index contributed by atoms with van der Waals surface area (Å²) in [6.07, 6.45) is 2.12. The standard InChI is InChI=1S/C18H22N4O5S/c1-3-25-13-8-7-12(9-14(13)26-4-2)19-17(24)20-15(23)10-28-18-22-21-16(27-18)11-5-6-11/h7-9,11H,3-6,10H2,1-2H3,(H2,19,20,23,24). The van der Waals surface area contributed by atoms with Crippen molar-refractivity contribution in [3.05, 3.63) is 24.1 Å². The summed E-state index contributed by atoms with van der Waals surface area (Å²) in [5.41, 5.74) is 0.482. The zero-order valence-electron chi connectivity index (χ0n) is 15.7. The molecule has 2 N–H and O–H groups in total. The van der Waals surface area contributed by atoms with E-state index in [1.165, 1.54) is 0 Å². The Hall–Kier alpha value is -2.75. The van der Waals surface area contributed by atoms with Gasteiger partial charge in [-0.1, -0.05) is 11.8 Å². The smallest absolute Gasteiger partial charge is 0.325 e. The Kier molecular flexibility index (Phi) is 6.75. The van der Waals surface area contributed by atoms with E-state index in [4.69, 9.17) is 13.9 Å². The van der Waals surface area contributed by atoms with Crippen LogP contribution >= 0.6 is 11.8 Å². The summed E-state index contributed by atoms with van der Waals surface area (Å²) in [6.45, 7) is 4.70. The van der Waals surface area contributed by atoms with Crippen LogP contribution in [0, 0.1) is 0 Å². The summed E-state index contributed by atoms with van der Waals surface area (Å²) < 4.78 is 16.5. The van der Waals surface area contributed by atoms with E-state index in [1.54, 1.807) is 18.2 Å². The second-order valence-electron chi connectivity index (χ2n) is 6.00. The number of hydrogen-bond acceptors (Lipinski definition) is 8. The Morgan fingerprint density at radius 3 is 2.64 bits per heavy atom. The Labute approximate surface area is 166 Å². The van der Waals surface area contributed by atoms with E-state index < -0.39 is 11.9 Å². The van der Waals surface area contributed by atoms with E-state index in [9.17, 15) is 9.59 Å². The molecule has 9 nitrogen and oxygen atoms in total. The van der Waals surface area contributed by atoms with Gasteiger partial charge in [0.2, 0.25) is 11.8 Å². The van der Waals surface area contributed by atoms with Gasteiger partial charge in [0.05, 0.1) is 19.0 Å². The molecule has 1 aromatic heterocycles. The molecule has 0 unspecified atom stereocenters. The van der Waals surface area contributed by atoms with Crippen LogP contribution < -0.4 is 20.1 Å². The molecule has 28 heavy (non-hydrogen) atoms. The van der Waals surface area contributed by atoms with Gasteiger partial charge >= 0.3 is 6.03 Å². The van der Waals surface area contributed by atoms with Crippen molar-refractivity contribution in [2.75, 3.05) is 24.3 Å². The minimum atomic E-state index is -0.638. The number of aromatic nitrogens is 2. The van der Waals surface area contributed by atoms with E-state index in [0.29, 0.717) is 47.4 Å². The van der Waals surface area contributed by atoms with Gasteiger partial charge in [0.15, 0.2) is 11.5 Å². The summed E-state index contributed by atoms with van der Waals surface area (Å²) in [5, 5.41) is 13.0. The molecule has 0 aliphatic heterocycles. The van der Waals surface area contributed by atoms with Crippen LogP contribution in [0.1, 0.15) is 38.5 Å². The van der Waals surface area contributed by atoms with Crippen molar-refractivity contribution >= 4 is 29.4 Å². The van der Waals surface area contributed by atoms with E-state index in [0.717, 1.165) is 24.6 Å². The highest BCUT2D eigenvalue weighted by Crippen LogP contribution is 2.39. The van der Waals surface area contributed by atoms with Gasteiger partial charge in [0.25, 0.3) is 5.22 Å². The number of nitrogens with zero attached hydrogens (tertiary/aromatic N) is 2. The first-order valence-corrected chi connectivity index (χ1v) is 10.0. The maximum Gasteiger partial charge on any atom is 0.325 e. The molecule has 0 saturated heterocycles. The SMILES string of the molecule is CCOc1ccc(NC(=O)NC(=O)CSc2nnc(C3CC3)o2)cc1OCC. The number of ether oxygens (including phenoxy) is 2. The van der Waals surface area contributed by atoms with Gasteiger partial charge < -0.3 is 19.2 Å². The average Bonchev–Trinajstić information content (AvgIpc) is 3.40. The van der Waals surface area contributed by atoms with Gasteiger partial charge in [-0.05, 0) is 38.8 Å². The Balaban J connectivity index is 1.48. The summed E-state index contributed by atoms with van der Waals surface area (Å²) in [5.74, 6) is 1.61. The first kappa shape index (κ1) is 20.0. The Bertz CT molecular complexity index is 837. The molecular weight excluding hydrogens is 384 g/mol. The molecule has 1 heterocycles. The number of thioether (sulfide) groups is 1. The highest BCUT2D eigenvalue weighted by Gasteiger charge is 2.29. The van der Waals surface area contributed by atoms with E-state index in [2.05, 4.69) is 20.8 Å². The third-order valence-corrected chi connectivity index (χ3v) is 4.55. The Morgan fingerprint density at radius 1 is 1.18 bits per heavy atom. The average molecular weight is 406 g/mol. The van der Waals surface area contributed by atoms with E-state index >= 15 is 0 Å². The molecule has 3 rings (SSSR count). The summed E-state index contributed by atoms with van der Waals surface area (Å²) >= 11 is 1.09. The van der Waals surface area contributed by atoms with E-state index in [1.807, 2.05) is 13.8 Å². The molecule has 1 saturated carbocycles. The molecule has 150 valence electrons. The second-order valence-corrected chi connectivity index (χ2v) is 6.93. The summed E-state index contributed by atoms with van der Waals surface area (Å²) in [4.78, 5) is 24.0. The number of benzene rings is 1. The number of rotatable bonds is 9. The van der Waals surface area contributed by atoms with Gasteiger partial charge in [0, 0.05) is 17.7 Å². The van der Waals surface area contributed by atoms with Crippen LogP contribution in [0.5, 0.6) is 11.5 Å². The summed E-state index contributed by atoms with van der Waals surface area (Å²) in [6, 6.07) is 4.38. The number of urea groups is 1. The second kappa shape index (κ2) is 9.45. The van der Waals surface area contributed by atoms with Crippen molar-refractivity contribution < 1.29 is 23.5 Å². The molecule has 0 atom stereocenters. The van der Waals surface area contributed by atoms with Crippen LogP contribution in [0.3, 0.4) is 0 Å². The highest BCUT2D eigenvalue weighted by atomic mass is 32.2. The van der Waals surface area contributed by atoms with E-state index in [-0.39, 0.29) is 5.75 Å². The number of nitrogens with one attached hydrogen (secondary N) is 2. The van der Waals surface area contributed by atoms with Crippen molar-refractivity contribution in [1.29, 1.82) is 0 Å². The van der Waals surface area contributed by atoms with Crippen molar-refractivity contribution in [2.24, 2.45) is 0 Å². The van der Waals surface area contributed by atoms with Crippen molar-refractivity contribution in [3.8, 4) is 11.5 Å². The van der Waals surface area contributed by atoms with Crippen LogP contribution in [0.4, 0.5) is 10.5 Å². The number of anilines is 1. The van der Waals surface area contributed by atoms with Crippen molar-refractivity contribution in [1.82, 2.24) is 15.5 Å². The normalized spacial score (nSPS) is 13.1. The van der Waals surface area contributed by atoms with Crippen molar-refractivity contribution in [3.63, 3.8) is 0 Å². The van der Waals surface area contributed by atoms with Crippen LogP contribution in [-0.4, -0.2) is 41.1 Å². The predicted molar refractivity (Wildman–Crippen MR) is 103 cm³/mol. The minimum absolute atomic E-state index is 0.00675. The molecule has 10 heteroatoms. The predicted octanol–water partition coefficient (Wildman–Crippen LogP) is 3.18. The molecule has 0 radical (unpaired) electrons. The molecule has 2 aromatic rings. The number of carbonyl (C=O) groups excluding carboxylic acids is 2. The number of amides is 3. The maximum atomic E-state index is 12.0. The molecule has 0 bridgehead atoms. The lowest BCUT2D eigenvalue weighted by Gasteiger charge is -2.13. The van der Waals surface area contributed by atoms with Gasteiger partial charge in [0.1, 0.15) is 0 Å². The van der Waals surface area contributed by atoms with Crippen LogP contribution in [0.2, 0.25) is 0 Å². The lowest BCUT2D eigenvalue weighted by atomic mass is 10.2. The number of hydrogen-bond donors (Lipinski definition) is 2. The van der Waals surface area contributed by atoms with Crippen LogP contribution in [0.15, 0.2) is 27.8 Å². The fourth-order valence-electron chi connectivity index (χ4n) is 2.36. The third-order valence-electron chi connectivity index (χ3n) is 3.73. The molecule has 1 aromatic carbocycles. The maximum absolute atomic E-state index is 12.0. The first-order valence-electron chi connectivity index (χ1n) is 9.05. The minimum Gasteiger partial charge on any atom is -0.490 e. The molecule has 1 aliphatic rings. The zero-order chi connectivity index (χ0) is 19.9. The fraction of sp³-hybridized carbons (Fsp3) is 0.444. The van der Waals surface area contributed by atoms with Crippen molar-refractivity contribution in [2.45, 2.75) is 37.8 Å². The molecule has 0 spiro atoms. The largest absolute Gasteiger partial charge is 0.490 e. The first-order chi connectivity index (χ1) is 13.6. The van der Waals surface area contributed by atoms with Gasteiger partial charge in [-0.25, -0.2) is 4.79 Å². The van der Waals surface area contributed by atoms with Gasteiger partial charge in [-0.2, -0.15) is 0 Å². The molecule has 1 aliphatic carbocycles. The third kappa shape index (κ3) is 5.62. The molecular formula is C18H22N4O5S. The molecule has 3 amide bonds. The topological polar surface area (TPSA) is 116 Å². The van der Waals surface area contributed by atoms with Gasteiger partial charge in [-0.3, -0.25) is 10.1 Å².